The highest BCUT2D eigenvalue weighted by molar-refractivity contribution is 9.10. The highest BCUT2D eigenvalue weighted by Gasteiger charge is 1.98. The molecular weight excluding hydrogens is 280 g/mol. The molecule has 2 aromatic carbocycles. The third-order valence-corrected chi connectivity index (χ3v) is 2.76. The number of nitrogens with two attached hydrogens (primary N) is 1. The van der Waals surface area contributed by atoms with E-state index in [1.54, 1.807) is 18.3 Å². The monoisotopic (exact) mass is 290 g/mol. The van der Waals surface area contributed by atoms with Crippen LogP contribution in [0, 0.1) is 0 Å². The van der Waals surface area contributed by atoms with Crippen molar-refractivity contribution < 1.29 is 5.11 Å². The van der Waals surface area contributed by atoms with Gasteiger partial charge in [0.25, 0.3) is 0 Å². The van der Waals surface area contributed by atoms with Crippen LogP contribution in [0.4, 0.5) is 11.4 Å². The molecule has 0 saturated heterocycles. The van der Waals surface area contributed by atoms with E-state index in [0.29, 0.717) is 11.3 Å². The largest absolute Gasteiger partial charge is 0.507 e. The van der Waals surface area contributed by atoms with Crippen LogP contribution in [0.25, 0.3) is 0 Å². The molecule has 0 aromatic heterocycles. The molecule has 0 fully saturated rings. The maximum Gasteiger partial charge on any atom is 0.126 e. The first kappa shape index (κ1) is 11.7. The van der Waals surface area contributed by atoms with Crippen molar-refractivity contribution in [1.29, 1.82) is 0 Å². The molecule has 0 aliphatic carbocycles. The Morgan fingerprint density at radius 2 is 1.82 bits per heavy atom. The summed E-state index contributed by atoms with van der Waals surface area (Å²) in [6.07, 6.45) is 1.61. The summed E-state index contributed by atoms with van der Waals surface area (Å²) in [5, 5.41) is 9.63. The lowest BCUT2D eigenvalue weighted by Crippen LogP contribution is -1.87. The lowest BCUT2D eigenvalue weighted by Gasteiger charge is -2.00. The zero-order valence-electron chi connectivity index (χ0n) is 8.97. The van der Waals surface area contributed by atoms with Crippen LogP contribution in [0.5, 0.6) is 5.75 Å². The van der Waals surface area contributed by atoms with Crippen LogP contribution in [0.1, 0.15) is 5.56 Å². The molecule has 2 rings (SSSR count). The predicted octanol–water partition coefficient (Wildman–Crippen LogP) is 3.49. The second kappa shape index (κ2) is 5.01. The minimum absolute atomic E-state index is 0.130. The van der Waals surface area contributed by atoms with Crippen LogP contribution in [-0.4, -0.2) is 11.3 Å². The third kappa shape index (κ3) is 3.07. The maximum atomic E-state index is 9.63. The Kier molecular flexibility index (Phi) is 3.44. The van der Waals surface area contributed by atoms with Crippen LogP contribution in [0.15, 0.2) is 51.9 Å². The summed E-state index contributed by atoms with van der Waals surface area (Å²) in [4.78, 5) is 4.26. The Bertz CT molecular complexity index is 550. The van der Waals surface area contributed by atoms with Gasteiger partial charge in [-0.2, -0.15) is 0 Å². The van der Waals surface area contributed by atoms with Crippen LogP contribution in [0.2, 0.25) is 0 Å². The zero-order valence-corrected chi connectivity index (χ0v) is 10.6. The van der Waals surface area contributed by atoms with Gasteiger partial charge in [-0.1, -0.05) is 15.9 Å². The van der Waals surface area contributed by atoms with Gasteiger partial charge in [-0.15, -0.1) is 0 Å². The van der Waals surface area contributed by atoms with E-state index in [-0.39, 0.29) is 5.75 Å². The maximum absolute atomic E-state index is 9.63. The van der Waals surface area contributed by atoms with E-state index in [4.69, 9.17) is 5.73 Å². The van der Waals surface area contributed by atoms with E-state index < -0.39 is 0 Å². The van der Waals surface area contributed by atoms with Crippen LogP contribution in [0.3, 0.4) is 0 Å². The SMILES string of the molecule is Nc1ccc(C=Nc2ccc(Br)cc2)c(O)c1. The van der Waals surface area contributed by atoms with Gasteiger partial charge in [-0.25, -0.2) is 0 Å². The summed E-state index contributed by atoms with van der Waals surface area (Å²) in [5.41, 5.74) is 7.54. The first-order valence-electron chi connectivity index (χ1n) is 5.03. The number of phenolic OH excluding ortho intramolecular Hbond substituents is 1. The van der Waals surface area contributed by atoms with E-state index in [9.17, 15) is 5.11 Å². The van der Waals surface area contributed by atoms with Gasteiger partial charge >= 0.3 is 0 Å². The number of anilines is 1. The van der Waals surface area contributed by atoms with Gasteiger partial charge in [-0.3, -0.25) is 4.99 Å². The molecule has 0 radical (unpaired) electrons. The topological polar surface area (TPSA) is 58.6 Å². The molecule has 0 spiro atoms. The Morgan fingerprint density at radius 3 is 2.47 bits per heavy atom. The number of benzene rings is 2. The Labute approximate surface area is 108 Å². The second-order valence-electron chi connectivity index (χ2n) is 3.55. The third-order valence-electron chi connectivity index (χ3n) is 2.23. The van der Waals surface area contributed by atoms with E-state index in [1.165, 1.54) is 6.07 Å². The van der Waals surface area contributed by atoms with Crippen molar-refractivity contribution in [3.63, 3.8) is 0 Å². The molecule has 3 N–H and O–H groups in total. The lowest BCUT2D eigenvalue weighted by molar-refractivity contribution is 0.475. The number of nitrogens with zero attached hydrogens (tertiary/aromatic N) is 1. The molecule has 0 amide bonds. The predicted molar refractivity (Wildman–Crippen MR) is 73.9 cm³/mol. The summed E-state index contributed by atoms with van der Waals surface area (Å²) in [7, 11) is 0. The Morgan fingerprint density at radius 1 is 1.12 bits per heavy atom. The van der Waals surface area contributed by atoms with E-state index >= 15 is 0 Å². The van der Waals surface area contributed by atoms with Crippen LogP contribution < -0.4 is 5.73 Å². The Balaban J connectivity index is 2.23. The van der Waals surface area contributed by atoms with Gasteiger partial charge in [0.1, 0.15) is 5.75 Å². The quantitative estimate of drug-likeness (QED) is 0.657. The minimum Gasteiger partial charge on any atom is -0.507 e. The summed E-state index contributed by atoms with van der Waals surface area (Å²) < 4.78 is 1.01. The van der Waals surface area contributed by atoms with Gasteiger partial charge in [0.2, 0.25) is 0 Å². The average molecular weight is 291 g/mol. The number of hydrogen-bond donors (Lipinski definition) is 2. The smallest absolute Gasteiger partial charge is 0.126 e. The van der Waals surface area contributed by atoms with Gasteiger partial charge in [0.15, 0.2) is 0 Å². The van der Waals surface area contributed by atoms with Gasteiger partial charge in [-0.05, 0) is 36.4 Å². The number of aliphatic imine (C=N–C) groups is 1. The van der Waals surface area contributed by atoms with Crippen LogP contribution >= 0.6 is 15.9 Å². The fourth-order valence-electron chi connectivity index (χ4n) is 1.34. The van der Waals surface area contributed by atoms with E-state index in [2.05, 4.69) is 20.9 Å². The highest BCUT2D eigenvalue weighted by atomic mass is 79.9. The molecule has 0 aliphatic rings. The van der Waals surface area contributed by atoms with Crippen molar-refractivity contribution in [3.05, 3.63) is 52.5 Å². The second-order valence-corrected chi connectivity index (χ2v) is 4.47. The summed E-state index contributed by atoms with van der Waals surface area (Å²) in [6.45, 7) is 0. The van der Waals surface area contributed by atoms with Crippen molar-refractivity contribution in [2.24, 2.45) is 4.99 Å². The first-order valence-corrected chi connectivity index (χ1v) is 5.82. The number of nitrogen functional groups attached to an aromatic ring is 1. The molecule has 0 aliphatic heterocycles. The van der Waals surface area contributed by atoms with Crippen LogP contribution in [-0.2, 0) is 0 Å². The Hall–Kier alpha value is -1.81. The van der Waals surface area contributed by atoms with E-state index in [1.807, 2.05) is 24.3 Å². The van der Waals surface area contributed by atoms with Crippen molar-refractivity contribution in [2.45, 2.75) is 0 Å². The number of rotatable bonds is 2. The molecular formula is C13H11BrN2O. The number of halogens is 1. The molecule has 0 heterocycles. The van der Waals surface area contributed by atoms with Gasteiger partial charge in [0, 0.05) is 28.0 Å². The van der Waals surface area contributed by atoms with Crippen molar-refractivity contribution in [2.75, 3.05) is 5.73 Å². The standard InChI is InChI=1S/C13H11BrN2O/c14-10-2-5-12(6-3-10)16-8-9-1-4-11(15)7-13(9)17/h1-8,17H,15H2. The minimum atomic E-state index is 0.130. The first-order chi connectivity index (χ1) is 8.15. The molecule has 0 bridgehead atoms. The molecule has 0 atom stereocenters. The summed E-state index contributed by atoms with van der Waals surface area (Å²) in [6, 6.07) is 12.5. The molecule has 86 valence electrons. The fourth-order valence-corrected chi connectivity index (χ4v) is 1.61. The molecule has 2 aromatic rings. The zero-order chi connectivity index (χ0) is 12.3. The van der Waals surface area contributed by atoms with Crippen molar-refractivity contribution >= 4 is 33.5 Å². The average Bonchev–Trinajstić information content (AvgIpc) is 2.30. The normalized spacial score (nSPS) is 10.9. The van der Waals surface area contributed by atoms with Crippen molar-refractivity contribution in [1.82, 2.24) is 0 Å². The number of aromatic hydroxyl groups is 1. The van der Waals surface area contributed by atoms with Gasteiger partial charge in [0.05, 0.1) is 5.69 Å². The van der Waals surface area contributed by atoms with Gasteiger partial charge < -0.3 is 10.8 Å². The molecule has 0 saturated carbocycles. The number of phenols is 1. The highest BCUT2D eigenvalue weighted by Crippen LogP contribution is 2.20. The summed E-state index contributed by atoms with van der Waals surface area (Å²) in [5.74, 6) is 0.130. The fraction of sp³-hybridized carbons (Fsp3) is 0. The number of hydrogen-bond acceptors (Lipinski definition) is 3. The molecule has 17 heavy (non-hydrogen) atoms. The van der Waals surface area contributed by atoms with E-state index in [0.717, 1.165) is 10.2 Å². The molecule has 3 nitrogen and oxygen atoms in total. The summed E-state index contributed by atoms with van der Waals surface area (Å²) >= 11 is 3.36. The van der Waals surface area contributed by atoms with Crippen molar-refractivity contribution in [3.8, 4) is 5.75 Å². The molecule has 0 unspecified atom stereocenters. The molecule has 4 heteroatoms. The lowest BCUT2D eigenvalue weighted by atomic mass is 10.2.